The maximum absolute atomic E-state index is 13.9. The van der Waals surface area contributed by atoms with Crippen LogP contribution in [0.25, 0.3) is 6.08 Å². The molecule has 2 aromatic carbocycles. The van der Waals surface area contributed by atoms with Gasteiger partial charge in [0.05, 0.1) is 46.8 Å². The maximum atomic E-state index is 13.9. The molecule has 0 radical (unpaired) electrons. The monoisotopic (exact) mass is 634 g/mol. The van der Waals surface area contributed by atoms with Crippen LogP contribution in [-0.2, 0) is 9.53 Å². The van der Waals surface area contributed by atoms with Gasteiger partial charge in [-0.3, -0.25) is 9.36 Å². The molecule has 0 unspecified atom stereocenters. The van der Waals surface area contributed by atoms with E-state index >= 15 is 0 Å². The van der Waals surface area contributed by atoms with Gasteiger partial charge in [-0.15, -0.1) is 0 Å². The number of carbonyl (C=O) groups is 1. The van der Waals surface area contributed by atoms with Crippen molar-refractivity contribution in [2.45, 2.75) is 26.8 Å². The van der Waals surface area contributed by atoms with Crippen molar-refractivity contribution in [1.82, 2.24) is 4.57 Å². The van der Waals surface area contributed by atoms with Gasteiger partial charge in [-0.05, 0) is 73.2 Å². The van der Waals surface area contributed by atoms with Crippen LogP contribution < -0.4 is 29.1 Å². The second-order valence-corrected chi connectivity index (χ2v) is 10.2. The first-order chi connectivity index (χ1) is 17.8. The molecule has 0 aliphatic carbocycles. The van der Waals surface area contributed by atoms with Crippen LogP contribution in [0.4, 0.5) is 0 Å². The molecule has 8 nitrogen and oxygen atoms in total. The van der Waals surface area contributed by atoms with Gasteiger partial charge >= 0.3 is 5.97 Å². The van der Waals surface area contributed by atoms with E-state index in [-0.39, 0.29) is 12.2 Å². The second-order valence-electron chi connectivity index (χ2n) is 8.01. The zero-order chi connectivity index (χ0) is 26.7. The van der Waals surface area contributed by atoms with Crippen LogP contribution >= 0.6 is 33.9 Å². The summed E-state index contributed by atoms with van der Waals surface area (Å²) in [7, 11) is 3.16. The first-order valence-corrected chi connectivity index (χ1v) is 13.6. The van der Waals surface area contributed by atoms with E-state index in [0.717, 1.165) is 9.13 Å². The highest BCUT2D eigenvalue weighted by Gasteiger charge is 2.35. The van der Waals surface area contributed by atoms with Gasteiger partial charge in [-0.25, -0.2) is 9.79 Å². The molecule has 0 saturated heterocycles. The van der Waals surface area contributed by atoms with Crippen molar-refractivity contribution in [3.05, 3.63) is 82.1 Å². The molecule has 0 N–H and O–H groups in total. The number of allylic oxidation sites excluding steroid dienone is 1. The molecule has 1 atom stereocenters. The van der Waals surface area contributed by atoms with Crippen molar-refractivity contribution in [3.63, 3.8) is 0 Å². The van der Waals surface area contributed by atoms with Gasteiger partial charge in [-0.1, -0.05) is 29.5 Å². The molecular formula is C27H27IN2O6S. The normalized spacial score (nSPS) is 15.2. The molecule has 10 heteroatoms. The van der Waals surface area contributed by atoms with E-state index < -0.39 is 12.0 Å². The number of hydrogen-bond donors (Lipinski definition) is 0. The standard InChI is InChI=1S/C27H27IN2O6S/c1-6-35-19-11-9-8-10-17(19)23-22(26(32)36-7-2)15(3)29-27-30(23)25(31)21(37-27)14-16-12-18(28)24(34-5)20(13-16)33-4/h8-14,23H,6-7H2,1-5H3/b21-14-/t23-/m1/s1. The Labute approximate surface area is 232 Å². The lowest BCUT2D eigenvalue weighted by Crippen LogP contribution is -2.40. The fraction of sp³-hybridized carbons (Fsp3) is 0.296. The Kier molecular flexibility index (Phi) is 8.38. The van der Waals surface area contributed by atoms with Gasteiger partial charge in [0.15, 0.2) is 16.3 Å². The van der Waals surface area contributed by atoms with Gasteiger partial charge in [-0.2, -0.15) is 0 Å². The Hall–Kier alpha value is -3.12. The summed E-state index contributed by atoms with van der Waals surface area (Å²) in [6, 6.07) is 10.4. The summed E-state index contributed by atoms with van der Waals surface area (Å²) in [4.78, 5) is 32.1. The molecule has 0 spiro atoms. The number of ether oxygens (including phenoxy) is 4. The molecule has 2 heterocycles. The first kappa shape index (κ1) is 26.9. The molecule has 1 aliphatic heterocycles. The molecule has 1 aliphatic rings. The van der Waals surface area contributed by atoms with E-state index in [1.807, 2.05) is 43.3 Å². The number of fused-ring (bicyclic) bond motifs is 1. The lowest BCUT2D eigenvalue weighted by atomic mass is 9.95. The minimum atomic E-state index is -0.745. The van der Waals surface area contributed by atoms with Gasteiger partial charge in [0.1, 0.15) is 11.8 Å². The third-order valence-corrected chi connectivity index (χ3v) is 7.57. The third kappa shape index (κ3) is 5.17. The Morgan fingerprint density at radius 2 is 1.89 bits per heavy atom. The third-order valence-electron chi connectivity index (χ3n) is 5.78. The van der Waals surface area contributed by atoms with Crippen molar-refractivity contribution in [1.29, 1.82) is 0 Å². The number of para-hydroxylation sites is 1. The van der Waals surface area contributed by atoms with E-state index in [1.165, 1.54) is 11.3 Å². The molecule has 0 amide bonds. The predicted molar refractivity (Wildman–Crippen MR) is 150 cm³/mol. The first-order valence-electron chi connectivity index (χ1n) is 11.7. The van der Waals surface area contributed by atoms with Crippen molar-refractivity contribution >= 4 is 46.0 Å². The van der Waals surface area contributed by atoms with Crippen LogP contribution in [0.1, 0.15) is 37.9 Å². The summed E-state index contributed by atoms with van der Waals surface area (Å²) in [5.74, 6) is 1.28. The van der Waals surface area contributed by atoms with Crippen LogP contribution in [0, 0.1) is 3.57 Å². The fourth-order valence-electron chi connectivity index (χ4n) is 4.25. The fourth-order valence-corrected chi connectivity index (χ4v) is 6.14. The van der Waals surface area contributed by atoms with Gasteiger partial charge in [0.25, 0.3) is 5.56 Å². The zero-order valence-corrected chi connectivity index (χ0v) is 24.1. The van der Waals surface area contributed by atoms with Crippen molar-refractivity contribution in [2.75, 3.05) is 27.4 Å². The number of methoxy groups -OCH3 is 2. The largest absolute Gasteiger partial charge is 0.494 e. The summed E-state index contributed by atoms with van der Waals surface area (Å²) >= 11 is 3.43. The lowest BCUT2D eigenvalue weighted by Gasteiger charge is -2.26. The second kappa shape index (κ2) is 11.5. The van der Waals surface area contributed by atoms with E-state index in [2.05, 4.69) is 27.6 Å². The Morgan fingerprint density at radius 3 is 2.57 bits per heavy atom. The molecule has 1 aromatic heterocycles. The number of halogens is 1. The maximum Gasteiger partial charge on any atom is 0.338 e. The molecule has 0 fully saturated rings. The molecule has 37 heavy (non-hydrogen) atoms. The zero-order valence-electron chi connectivity index (χ0n) is 21.2. The number of esters is 1. The average Bonchev–Trinajstić information content (AvgIpc) is 3.17. The van der Waals surface area contributed by atoms with E-state index in [9.17, 15) is 9.59 Å². The minimum absolute atomic E-state index is 0.206. The highest BCUT2D eigenvalue weighted by Crippen LogP contribution is 2.36. The quantitative estimate of drug-likeness (QED) is 0.277. The highest BCUT2D eigenvalue weighted by molar-refractivity contribution is 14.1. The molecule has 0 saturated carbocycles. The van der Waals surface area contributed by atoms with Crippen LogP contribution in [0.5, 0.6) is 17.2 Å². The summed E-state index contributed by atoms with van der Waals surface area (Å²) in [6.45, 7) is 6.04. The van der Waals surface area contributed by atoms with E-state index in [1.54, 1.807) is 38.7 Å². The number of thiazole rings is 1. The highest BCUT2D eigenvalue weighted by atomic mass is 127. The van der Waals surface area contributed by atoms with Crippen LogP contribution in [0.15, 0.2) is 57.5 Å². The van der Waals surface area contributed by atoms with Gasteiger partial charge in [0, 0.05) is 5.56 Å². The smallest absolute Gasteiger partial charge is 0.338 e. The minimum Gasteiger partial charge on any atom is -0.494 e. The Morgan fingerprint density at radius 1 is 1.14 bits per heavy atom. The summed E-state index contributed by atoms with van der Waals surface area (Å²) in [6.07, 6.45) is 1.79. The molecule has 4 rings (SSSR count). The summed E-state index contributed by atoms with van der Waals surface area (Å²) in [5.41, 5.74) is 2.02. The Balaban J connectivity index is 1.97. The number of carbonyl (C=O) groups excluding carboxylic acids is 1. The van der Waals surface area contributed by atoms with Crippen molar-refractivity contribution in [3.8, 4) is 17.2 Å². The Bertz CT molecular complexity index is 1560. The number of rotatable bonds is 8. The van der Waals surface area contributed by atoms with E-state index in [4.69, 9.17) is 18.9 Å². The van der Waals surface area contributed by atoms with Crippen LogP contribution in [0.2, 0.25) is 0 Å². The number of aromatic nitrogens is 1. The SMILES string of the molecule is CCOC(=O)C1=C(C)N=c2s/c(=C\c3cc(I)c(OC)c(OC)c3)c(=O)n2[C@@H]1c1ccccc1OCC. The molecule has 0 bridgehead atoms. The predicted octanol–water partition coefficient (Wildman–Crippen LogP) is 3.82. The van der Waals surface area contributed by atoms with Crippen molar-refractivity contribution in [2.24, 2.45) is 4.99 Å². The van der Waals surface area contributed by atoms with Gasteiger partial charge < -0.3 is 18.9 Å². The van der Waals surface area contributed by atoms with Crippen LogP contribution in [0.3, 0.4) is 0 Å². The summed E-state index contributed by atoms with van der Waals surface area (Å²) < 4.78 is 25.0. The number of hydrogen-bond acceptors (Lipinski definition) is 8. The molecule has 3 aromatic rings. The molecular weight excluding hydrogens is 607 g/mol. The number of benzene rings is 2. The van der Waals surface area contributed by atoms with Crippen molar-refractivity contribution < 1.29 is 23.7 Å². The van der Waals surface area contributed by atoms with Crippen LogP contribution in [-0.4, -0.2) is 38.0 Å². The molecule has 194 valence electrons. The van der Waals surface area contributed by atoms with E-state index in [0.29, 0.717) is 50.0 Å². The lowest BCUT2D eigenvalue weighted by molar-refractivity contribution is -0.139. The number of nitrogens with zero attached hydrogens (tertiary/aromatic N) is 2. The topological polar surface area (TPSA) is 88.4 Å². The summed E-state index contributed by atoms with van der Waals surface area (Å²) in [5, 5.41) is 0. The average molecular weight is 634 g/mol. The van der Waals surface area contributed by atoms with Gasteiger partial charge in [0.2, 0.25) is 0 Å².